The fraction of sp³-hybridized carbons (Fsp3) is 0.222. The van der Waals surface area contributed by atoms with Gasteiger partial charge in [0.2, 0.25) is 15.9 Å². The zero-order chi connectivity index (χ0) is 13.9. The average molecular weight is 358 g/mol. The van der Waals surface area contributed by atoms with E-state index in [1.807, 2.05) is 4.72 Å². The summed E-state index contributed by atoms with van der Waals surface area (Å²) in [4.78, 5) is 10.4. The van der Waals surface area contributed by atoms with Crippen LogP contribution in [-0.4, -0.2) is 28.0 Å². The summed E-state index contributed by atoms with van der Waals surface area (Å²) < 4.78 is 31.3. The zero-order valence-corrected chi connectivity index (χ0v) is 12.4. The quantitative estimate of drug-likeness (QED) is 0.817. The second-order valence-electron chi connectivity index (χ2n) is 3.21. The fourth-order valence-electron chi connectivity index (χ4n) is 1.18. The Morgan fingerprint density at radius 2 is 2.17 bits per heavy atom. The molecular formula is C9H10BrClN2O4S. The second kappa shape index (κ2) is 5.87. The molecule has 9 heteroatoms. The van der Waals surface area contributed by atoms with E-state index < -0.39 is 22.5 Å². The lowest BCUT2D eigenvalue weighted by atomic mass is 10.3. The summed E-state index contributed by atoms with van der Waals surface area (Å²) >= 11 is 8.92. The Bertz CT molecular complexity index is 576. The van der Waals surface area contributed by atoms with Gasteiger partial charge in [0.25, 0.3) is 0 Å². The summed E-state index contributed by atoms with van der Waals surface area (Å²) in [7, 11) is -2.61. The molecule has 0 atom stereocenters. The summed E-state index contributed by atoms with van der Waals surface area (Å²) in [6.07, 6.45) is 0. The van der Waals surface area contributed by atoms with Gasteiger partial charge in [-0.2, -0.15) is 0 Å². The van der Waals surface area contributed by atoms with Gasteiger partial charge in [-0.25, -0.2) is 13.1 Å². The van der Waals surface area contributed by atoms with Gasteiger partial charge >= 0.3 is 0 Å². The molecule has 0 saturated carbocycles. The largest absolute Gasteiger partial charge is 0.494 e. The van der Waals surface area contributed by atoms with Gasteiger partial charge in [-0.3, -0.25) is 4.79 Å². The van der Waals surface area contributed by atoms with Gasteiger partial charge in [-0.15, -0.1) is 0 Å². The number of halogens is 2. The van der Waals surface area contributed by atoms with E-state index in [2.05, 4.69) is 15.9 Å². The van der Waals surface area contributed by atoms with E-state index in [-0.39, 0.29) is 15.7 Å². The lowest BCUT2D eigenvalue weighted by Crippen LogP contribution is -2.33. The van der Waals surface area contributed by atoms with Gasteiger partial charge in [-0.05, 0) is 28.1 Å². The molecular weight excluding hydrogens is 348 g/mol. The molecule has 1 amide bonds. The lowest BCUT2D eigenvalue weighted by molar-refractivity contribution is -0.116. The Hall–Kier alpha value is -0.830. The topological polar surface area (TPSA) is 98.5 Å². The third-order valence-corrected chi connectivity index (χ3v) is 4.12. The number of primary amides is 1. The second-order valence-corrected chi connectivity index (χ2v) is 6.24. The van der Waals surface area contributed by atoms with Crippen molar-refractivity contribution in [2.75, 3.05) is 13.7 Å². The summed E-state index contributed by atoms with van der Waals surface area (Å²) in [5.74, 6) is -0.699. The van der Waals surface area contributed by atoms with Crippen LogP contribution in [0, 0.1) is 0 Å². The molecule has 0 aliphatic carbocycles. The van der Waals surface area contributed by atoms with E-state index in [1.54, 1.807) is 0 Å². The summed E-state index contributed by atoms with van der Waals surface area (Å²) in [6, 6.07) is 2.71. The lowest BCUT2D eigenvalue weighted by Gasteiger charge is -2.12. The number of nitrogens with one attached hydrogen (secondary N) is 1. The summed E-state index contributed by atoms with van der Waals surface area (Å²) in [6.45, 7) is -0.504. The molecule has 0 heterocycles. The molecule has 0 radical (unpaired) electrons. The minimum Gasteiger partial charge on any atom is -0.494 e. The van der Waals surface area contributed by atoms with Crippen LogP contribution in [0.2, 0.25) is 5.02 Å². The number of benzene rings is 1. The number of carbonyl (C=O) groups is 1. The highest BCUT2D eigenvalue weighted by Gasteiger charge is 2.22. The maximum Gasteiger partial charge on any atom is 0.244 e. The third kappa shape index (κ3) is 3.58. The van der Waals surface area contributed by atoms with Crippen LogP contribution < -0.4 is 15.2 Å². The molecule has 0 aliphatic rings. The number of sulfonamides is 1. The molecule has 0 aliphatic heterocycles. The predicted octanol–water partition coefficient (Wildman–Crippen LogP) is 0.875. The van der Waals surface area contributed by atoms with Gasteiger partial charge in [-0.1, -0.05) is 11.6 Å². The summed E-state index contributed by atoms with van der Waals surface area (Å²) in [5, 5.41) is 0.210. The van der Waals surface area contributed by atoms with Crippen LogP contribution in [0.1, 0.15) is 0 Å². The summed E-state index contributed by atoms with van der Waals surface area (Å²) in [5.41, 5.74) is 4.88. The first kappa shape index (κ1) is 15.2. The van der Waals surface area contributed by atoms with Crippen molar-refractivity contribution in [1.82, 2.24) is 4.72 Å². The van der Waals surface area contributed by atoms with Crippen molar-refractivity contribution in [3.63, 3.8) is 0 Å². The number of methoxy groups -OCH3 is 1. The molecule has 0 aromatic heterocycles. The van der Waals surface area contributed by atoms with Crippen LogP contribution >= 0.6 is 27.5 Å². The molecule has 1 aromatic carbocycles. The van der Waals surface area contributed by atoms with E-state index in [1.165, 1.54) is 19.2 Å². The van der Waals surface area contributed by atoms with Crippen LogP contribution in [0.25, 0.3) is 0 Å². The number of nitrogens with two attached hydrogens (primary N) is 1. The van der Waals surface area contributed by atoms with Crippen LogP contribution in [0.5, 0.6) is 5.75 Å². The number of rotatable bonds is 5. The first-order valence-electron chi connectivity index (χ1n) is 4.59. The number of ether oxygens (including phenoxy) is 1. The normalized spacial score (nSPS) is 11.3. The SMILES string of the molecule is COc1c(Br)cc(Cl)cc1S(=O)(=O)NCC(N)=O. The van der Waals surface area contributed by atoms with Gasteiger partial charge in [0, 0.05) is 5.02 Å². The van der Waals surface area contributed by atoms with Gasteiger partial charge in [0.05, 0.1) is 18.1 Å². The first-order chi connectivity index (χ1) is 8.27. The maximum atomic E-state index is 11.9. The third-order valence-electron chi connectivity index (χ3n) is 1.90. The first-order valence-corrected chi connectivity index (χ1v) is 7.24. The van der Waals surface area contributed by atoms with E-state index >= 15 is 0 Å². The molecule has 1 aromatic rings. The predicted molar refractivity (Wildman–Crippen MR) is 70.1 cm³/mol. The zero-order valence-electron chi connectivity index (χ0n) is 9.24. The molecule has 0 bridgehead atoms. The molecule has 0 fully saturated rings. The van der Waals surface area contributed by atoms with Crippen LogP contribution in [-0.2, 0) is 14.8 Å². The van der Waals surface area contributed by atoms with Crippen molar-refractivity contribution in [1.29, 1.82) is 0 Å². The number of hydrogen-bond donors (Lipinski definition) is 2. The van der Waals surface area contributed by atoms with E-state index in [9.17, 15) is 13.2 Å². The number of carbonyl (C=O) groups excluding carboxylic acids is 1. The Kier molecular flexibility index (Phi) is 4.97. The van der Waals surface area contributed by atoms with E-state index in [0.29, 0.717) is 4.47 Å². The van der Waals surface area contributed by atoms with E-state index in [0.717, 1.165) is 0 Å². The van der Waals surface area contributed by atoms with Crippen molar-refractivity contribution in [2.45, 2.75) is 4.90 Å². The Balaban J connectivity index is 3.27. The van der Waals surface area contributed by atoms with Crippen molar-refractivity contribution in [3.05, 3.63) is 21.6 Å². The smallest absolute Gasteiger partial charge is 0.244 e. The monoisotopic (exact) mass is 356 g/mol. The minimum atomic E-state index is -3.93. The van der Waals surface area contributed by atoms with Crippen molar-refractivity contribution >= 4 is 43.5 Å². The fourth-order valence-corrected chi connectivity index (χ4v) is 3.55. The highest BCUT2D eigenvalue weighted by Crippen LogP contribution is 2.35. The molecule has 1 rings (SSSR count). The van der Waals surface area contributed by atoms with Gasteiger partial charge in [0.15, 0.2) is 5.75 Å². The Morgan fingerprint density at radius 1 is 1.56 bits per heavy atom. The van der Waals surface area contributed by atoms with Crippen molar-refractivity contribution in [2.24, 2.45) is 5.73 Å². The van der Waals surface area contributed by atoms with Crippen LogP contribution in [0.3, 0.4) is 0 Å². The molecule has 0 saturated heterocycles. The van der Waals surface area contributed by atoms with E-state index in [4.69, 9.17) is 22.1 Å². The average Bonchev–Trinajstić information content (AvgIpc) is 2.25. The Labute approximate surface area is 118 Å². The molecule has 6 nitrogen and oxygen atoms in total. The van der Waals surface area contributed by atoms with Crippen molar-refractivity contribution in [3.8, 4) is 5.75 Å². The van der Waals surface area contributed by atoms with Gasteiger partial charge in [0.1, 0.15) is 4.90 Å². The Morgan fingerprint density at radius 3 is 2.67 bits per heavy atom. The van der Waals surface area contributed by atoms with Crippen LogP contribution in [0.4, 0.5) is 0 Å². The number of amides is 1. The molecule has 100 valence electrons. The maximum absolute atomic E-state index is 11.9. The molecule has 18 heavy (non-hydrogen) atoms. The highest BCUT2D eigenvalue weighted by molar-refractivity contribution is 9.10. The highest BCUT2D eigenvalue weighted by atomic mass is 79.9. The van der Waals surface area contributed by atoms with Crippen LogP contribution in [0.15, 0.2) is 21.5 Å². The minimum absolute atomic E-state index is 0.0939. The standard InChI is InChI=1S/C9H10BrClN2O4S/c1-17-9-6(10)2-5(11)3-7(9)18(15,16)13-4-8(12)14/h2-3,13H,4H2,1H3,(H2,12,14). The van der Waals surface area contributed by atoms with Crippen molar-refractivity contribution < 1.29 is 17.9 Å². The number of hydrogen-bond acceptors (Lipinski definition) is 4. The van der Waals surface area contributed by atoms with Gasteiger partial charge < -0.3 is 10.5 Å². The molecule has 0 unspecified atom stereocenters. The molecule has 0 spiro atoms. The molecule has 3 N–H and O–H groups in total.